The zero-order chi connectivity index (χ0) is 24.4. The van der Waals surface area contributed by atoms with E-state index < -0.39 is 11.7 Å². The Balaban J connectivity index is 1.29. The van der Waals surface area contributed by atoms with Crippen LogP contribution < -0.4 is 15.0 Å². The summed E-state index contributed by atoms with van der Waals surface area (Å²) in [5.74, 6) is 0.741. The Labute approximate surface area is 203 Å². The number of hydrogen-bond acceptors (Lipinski definition) is 3. The van der Waals surface area contributed by atoms with Gasteiger partial charge in [0.2, 0.25) is 0 Å². The molecule has 180 valence electrons. The van der Waals surface area contributed by atoms with Crippen LogP contribution in [0.4, 0.5) is 24.5 Å². The zero-order valence-electron chi connectivity index (χ0n) is 19.4. The summed E-state index contributed by atoms with van der Waals surface area (Å²) in [6.45, 7) is 3.47. The van der Waals surface area contributed by atoms with Crippen molar-refractivity contribution in [3.05, 3.63) is 102 Å². The summed E-state index contributed by atoms with van der Waals surface area (Å²) in [7, 11) is 0. The number of fused-ring (bicyclic) bond motifs is 2. The van der Waals surface area contributed by atoms with Gasteiger partial charge < -0.3 is 15.0 Å². The number of ether oxygens (including phenoxy) is 1. The monoisotopic (exact) mass is 476 g/mol. The van der Waals surface area contributed by atoms with E-state index in [1.165, 1.54) is 28.5 Å². The van der Waals surface area contributed by atoms with E-state index >= 15 is 0 Å². The van der Waals surface area contributed by atoms with Gasteiger partial charge >= 0.3 is 6.18 Å². The van der Waals surface area contributed by atoms with E-state index in [1.807, 2.05) is 35.2 Å². The molecular formula is C29H27F3N2O. The first kappa shape index (κ1) is 23.2. The van der Waals surface area contributed by atoms with Gasteiger partial charge in [0.05, 0.1) is 17.8 Å². The molecule has 1 aliphatic heterocycles. The number of halogens is 3. The number of benzene rings is 4. The summed E-state index contributed by atoms with van der Waals surface area (Å²) in [6, 6.07) is 27.9. The van der Waals surface area contributed by atoms with Crippen LogP contribution in [-0.2, 0) is 6.18 Å². The highest BCUT2D eigenvalue weighted by atomic mass is 19.4. The normalized spacial score (nSPS) is 16.6. The van der Waals surface area contributed by atoms with Crippen LogP contribution in [0, 0.1) is 0 Å². The Morgan fingerprint density at radius 2 is 1.63 bits per heavy atom. The van der Waals surface area contributed by atoms with Crippen molar-refractivity contribution < 1.29 is 17.9 Å². The summed E-state index contributed by atoms with van der Waals surface area (Å²) in [6.07, 6.45) is -3.68. The minimum Gasteiger partial charge on any atom is -0.486 e. The predicted molar refractivity (Wildman–Crippen MR) is 134 cm³/mol. The second-order valence-electron chi connectivity index (χ2n) is 8.90. The van der Waals surface area contributed by atoms with Crippen LogP contribution >= 0.6 is 0 Å². The molecule has 0 radical (unpaired) electrons. The molecule has 0 saturated carbocycles. The van der Waals surface area contributed by atoms with E-state index in [-0.39, 0.29) is 12.1 Å². The molecule has 4 aromatic carbocycles. The Morgan fingerprint density at radius 1 is 0.914 bits per heavy atom. The fraction of sp³-hybridized carbons (Fsp3) is 0.241. The molecule has 1 heterocycles. The molecule has 0 saturated heterocycles. The molecule has 0 fully saturated rings. The lowest BCUT2D eigenvalue weighted by molar-refractivity contribution is -0.137. The maximum absolute atomic E-state index is 13.0. The lowest BCUT2D eigenvalue weighted by Gasteiger charge is -2.36. The number of alkyl halides is 3. The number of anilines is 2. The van der Waals surface area contributed by atoms with Gasteiger partial charge in [-0.25, -0.2) is 0 Å². The number of nitrogens with zero attached hydrogens (tertiary/aromatic N) is 1. The lowest BCUT2D eigenvalue weighted by atomic mass is 9.99. The van der Waals surface area contributed by atoms with Gasteiger partial charge in [0.1, 0.15) is 11.9 Å². The highest BCUT2D eigenvalue weighted by Gasteiger charge is 2.31. The van der Waals surface area contributed by atoms with Crippen LogP contribution in [0.5, 0.6) is 5.75 Å². The van der Waals surface area contributed by atoms with Crippen LogP contribution in [-0.4, -0.2) is 19.2 Å². The van der Waals surface area contributed by atoms with Gasteiger partial charge in [-0.2, -0.15) is 13.2 Å². The molecule has 0 amide bonds. The molecule has 2 atom stereocenters. The lowest BCUT2D eigenvalue weighted by Crippen LogP contribution is -2.39. The Hall–Kier alpha value is -3.51. The van der Waals surface area contributed by atoms with Crippen molar-refractivity contribution in [1.82, 2.24) is 5.32 Å². The average Bonchev–Trinajstić information content (AvgIpc) is 2.87. The smallest absolute Gasteiger partial charge is 0.416 e. The maximum Gasteiger partial charge on any atom is 0.416 e. The molecule has 6 heteroatoms. The van der Waals surface area contributed by atoms with Gasteiger partial charge in [0.25, 0.3) is 0 Å². The first-order valence-electron chi connectivity index (χ1n) is 11.8. The van der Waals surface area contributed by atoms with Crippen LogP contribution in [0.25, 0.3) is 10.8 Å². The van der Waals surface area contributed by atoms with Crippen molar-refractivity contribution in [1.29, 1.82) is 0 Å². The molecule has 0 spiro atoms. The number of rotatable bonds is 6. The highest BCUT2D eigenvalue weighted by molar-refractivity contribution is 5.86. The van der Waals surface area contributed by atoms with Gasteiger partial charge in [-0.05, 0) is 72.6 Å². The first-order chi connectivity index (χ1) is 16.9. The number of nitrogens with one attached hydrogen (secondary N) is 1. The van der Waals surface area contributed by atoms with Crippen molar-refractivity contribution in [2.45, 2.75) is 31.7 Å². The SMILES string of the molecule is CC(NCCC1CN(c2ccc(C(F)(F)F)cc2)c2ccccc2O1)c1cccc2ccccc12. The van der Waals surface area contributed by atoms with E-state index in [0.717, 1.165) is 42.2 Å². The Bertz CT molecular complexity index is 1300. The molecule has 1 N–H and O–H groups in total. The summed E-state index contributed by atoms with van der Waals surface area (Å²) in [5.41, 5.74) is 2.19. The molecule has 3 nitrogen and oxygen atoms in total. The number of para-hydroxylation sites is 2. The molecule has 5 rings (SSSR count). The minimum absolute atomic E-state index is 0.0978. The van der Waals surface area contributed by atoms with E-state index in [9.17, 15) is 13.2 Å². The van der Waals surface area contributed by atoms with Crippen molar-refractivity contribution in [2.24, 2.45) is 0 Å². The van der Waals surface area contributed by atoms with Crippen molar-refractivity contribution in [3.63, 3.8) is 0 Å². The third-order valence-electron chi connectivity index (χ3n) is 6.55. The van der Waals surface area contributed by atoms with Gasteiger partial charge in [-0.15, -0.1) is 0 Å². The van der Waals surface area contributed by atoms with E-state index in [4.69, 9.17) is 4.74 Å². The molecule has 2 unspecified atom stereocenters. The topological polar surface area (TPSA) is 24.5 Å². The molecule has 0 aromatic heterocycles. The third-order valence-corrected chi connectivity index (χ3v) is 6.55. The van der Waals surface area contributed by atoms with Gasteiger partial charge in [0, 0.05) is 11.7 Å². The molecule has 35 heavy (non-hydrogen) atoms. The summed E-state index contributed by atoms with van der Waals surface area (Å²) >= 11 is 0. The Morgan fingerprint density at radius 3 is 2.43 bits per heavy atom. The van der Waals surface area contributed by atoms with Crippen molar-refractivity contribution in [2.75, 3.05) is 18.0 Å². The van der Waals surface area contributed by atoms with Crippen LogP contribution in [0.3, 0.4) is 0 Å². The quantitative estimate of drug-likeness (QED) is 0.312. The first-order valence-corrected chi connectivity index (χ1v) is 11.8. The highest BCUT2D eigenvalue weighted by Crippen LogP contribution is 2.39. The van der Waals surface area contributed by atoms with Gasteiger partial charge in [0.15, 0.2) is 0 Å². The van der Waals surface area contributed by atoms with Crippen LogP contribution in [0.1, 0.15) is 30.5 Å². The second kappa shape index (κ2) is 9.62. The number of hydrogen-bond donors (Lipinski definition) is 1. The molecule has 0 bridgehead atoms. The maximum atomic E-state index is 13.0. The standard InChI is InChI=1S/C29H27F3N2O/c1-20(25-10-6-8-21-7-2-3-9-26(21)25)33-18-17-24-19-34(27-11-4-5-12-28(27)35-24)23-15-13-22(14-16-23)29(30,31)32/h2-16,20,24,33H,17-19H2,1H3. The summed E-state index contributed by atoms with van der Waals surface area (Å²) in [4.78, 5) is 2.04. The molecular weight excluding hydrogens is 449 g/mol. The predicted octanol–water partition coefficient (Wildman–Crippen LogP) is 7.50. The minimum atomic E-state index is -4.35. The average molecular weight is 477 g/mol. The second-order valence-corrected chi connectivity index (χ2v) is 8.90. The summed E-state index contributed by atoms with van der Waals surface area (Å²) < 4.78 is 45.4. The van der Waals surface area contributed by atoms with Gasteiger partial charge in [-0.1, -0.05) is 54.6 Å². The largest absolute Gasteiger partial charge is 0.486 e. The summed E-state index contributed by atoms with van der Waals surface area (Å²) in [5, 5.41) is 6.08. The van der Waals surface area contributed by atoms with Gasteiger partial charge in [-0.3, -0.25) is 0 Å². The fourth-order valence-corrected chi connectivity index (χ4v) is 4.72. The molecule has 0 aliphatic carbocycles. The van der Waals surface area contributed by atoms with E-state index in [2.05, 4.69) is 48.6 Å². The van der Waals surface area contributed by atoms with Crippen molar-refractivity contribution in [3.8, 4) is 5.75 Å². The van der Waals surface area contributed by atoms with E-state index in [1.54, 1.807) is 0 Å². The molecule has 4 aromatic rings. The third kappa shape index (κ3) is 4.98. The Kier molecular flexibility index (Phi) is 6.39. The zero-order valence-corrected chi connectivity index (χ0v) is 19.4. The fourth-order valence-electron chi connectivity index (χ4n) is 4.72. The van der Waals surface area contributed by atoms with Crippen LogP contribution in [0.2, 0.25) is 0 Å². The van der Waals surface area contributed by atoms with Crippen LogP contribution in [0.15, 0.2) is 91.0 Å². The van der Waals surface area contributed by atoms with Crippen molar-refractivity contribution >= 4 is 22.1 Å². The molecule has 1 aliphatic rings. The van der Waals surface area contributed by atoms with E-state index in [0.29, 0.717) is 6.54 Å².